The fourth-order valence-corrected chi connectivity index (χ4v) is 3.50. The minimum Gasteiger partial charge on any atom is -0.296 e. The van der Waals surface area contributed by atoms with Crippen LogP contribution in [0.4, 0.5) is 0 Å². The number of benzene rings is 1. The Balaban J connectivity index is 1.79. The molecule has 0 N–H and O–H groups in total. The van der Waals surface area contributed by atoms with Gasteiger partial charge in [0.05, 0.1) is 10.9 Å². The van der Waals surface area contributed by atoms with Gasteiger partial charge in [-0.15, -0.1) is 0 Å². The summed E-state index contributed by atoms with van der Waals surface area (Å²) >= 11 is 0. The van der Waals surface area contributed by atoms with Crippen molar-refractivity contribution in [3.8, 4) is 11.8 Å². The van der Waals surface area contributed by atoms with E-state index in [1.807, 2.05) is 41.0 Å². The summed E-state index contributed by atoms with van der Waals surface area (Å²) < 4.78 is 1.87. The number of rotatable bonds is 0. The molecule has 0 amide bonds. The van der Waals surface area contributed by atoms with E-state index in [1.165, 1.54) is 0 Å². The van der Waals surface area contributed by atoms with Crippen LogP contribution in [0.2, 0.25) is 0 Å². The standard InChI is InChI=1S/C22H21N3O/c1-22(2)12-5-7-20-24-19-14-16(8-10-17-6-3-4-13-23-17)9-11-18(19)21(26)25(20)15-22/h3-4,6,9,11,13-14H,5,7,12,15H2,1-2H3. The molecule has 130 valence electrons. The number of aromatic nitrogens is 3. The number of hydrogen-bond donors (Lipinski definition) is 0. The van der Waals surface area contributed by atoms with Gasteiger partial charge < -0.3 is 0 Å². The summed E-state index contributed by atoms with van der Waals surface area (Å²) in [5.41, 5.74) is 2.48. The van der Waals surface area contributed by atoms with Crippen LogP contribution in [0.15, 0.2) is 47.4 Å². The Morgan fingerprint density at radius 2 is 2.04 bits per heavy atom. The van der Waals surface area contributed by atoms with Gasteiger partial charge in [0.15, 0.2) is 0 Å². The molecule has 3 aromatic rings. The Bertz CT molecular complexity index is 1090. The van der Waals surface area contributed by atoms with Crippen molar-refractivity contribution in [1.82, 2.24) is 14.5 Å². The Kier molecular flexibility index (Phi) is 4.08. The SMILES string of the molecule is CC1(C)CCCc2nc3cc(C#Cc4ccccn4)ccc3c(=O)n2C1. The van der Waals surface area contributed by atoms with Gasteiger partial charge in [-0.05, 0) is 54.5 Å². The number of nitrogens with zero attached hydrogens (tertiary/aromatic N) is 3. The lowest BCUT2D eigenvalue weighted by atomic mass is 9.88. The second-order valence-corrected chi connectivity index (χ2v) is 7.63. The molecule has 4 nitrogen and oxygen atoms in total. The first kappa shape index (κ1) is 16.5. The van der Waals surface area contributed by atoms with Crippen molar-refractivity contribution >= 4 is 10.9 Å². The highest BCUT2D eigenvalue weighted by molar-refractivity contribution is 5.79. The molecule has 0 radical (unpaired) electrons. The van der Waals surface area contributed by atoms with Gasteiger partial charge in [0.2, 0.25) is 0 Å². The zero-order valence-corrected chi connectivity index (χ0v) is 15.1. The molecule has 0 bridgehead atoms. The molecule has 4 heteroatoms. The molecule has 3 heterocycles. The van der Waals surface area contributed by atoms with Gasteiger partial charge >= 0.3 is 0 Å². The summed E-state index contributed by atoms with van der Waals surface area (Å²) in [6, 6.07) is 11.3. The van der Waals surface area contributed by atoms with Crippen molar-refractivity contribution in [1.29, 1.82) is 0 Å². The third kappa shape index (κ3) is 3.25. The van der Waals surface area contributed by atoms with Gasteiger partial charge in [0.25, 0.3) is 5.56 Å². The van der Waals surface area contributed by atoms with Crippen LogP contribution < -0.4 is 5.56 Å². The highest BCUT2D eigenvalue weighted by Crippen LogP contribution is 2.29. The molecular weight excluding hydrogens is 322 g/mol. The lowest BCUT2D eigenvalue weighted by Gasteiger charge is -2.23. The quantitative estimate of drug-likeness (QED) is 0.587. The van der Waals surface area contributed by atoms with Crippen LogP contribution >= 0.6 is 0 Å². The Labute approximate surface area is 152 Å². The molecule has 4 rings (SSSR count). The van der Waals surface area contributed by atoms with Crippen LogP contribution in [-0.2, 0) is 13.0 Å². The van der Waals surface area contributed by atoms with Crippen molar-refractivity contribution in [3.63, 3.8) is 0 Å². The minimum absolute atomic E-state index is 0.0595. The lowest BCUT2D eigenvalue weighted by Crippen LogP contribution is -2.29. The van der Waals surface area contributed by atoms with Crippen LogP contribution in [0.3, 0.4) is 0 Å². The summed E-state index contributed by atoms with van der Waals surface area (Å²) in [6.07, 6.45) is 4.74. The van der Waals surface area contributed by atoms with Gasteiger partial charge in [-0.2, -0.15) is 0 Å². The van der Waals surface area contributed by atoms with Gasteiger partial charge in [0, 0.05) is 24.7 Å². The van der Waals surface area contributed by atoms with Crippen LogP contribution in [0.1, 0.15) is 43.8 Å². The molecule has 0 fully saturated rings. The van der Waals surface area contributed by atoms with Gasteiger partial charge in [-0.3, -0.25) is 9.36 Å². The maximum atomic E-state index is 13.0. The average molecular weight is 343 g/mol. The van der Waals surface area contributed by atoms with Crippen LogP contribution in [0.25, 0.3) is 10.9 Å². The highest BCUT2D eigenvalue weighted by Gasteiger charge is 2.25. The summed E-state index contributed by atoms with van der Waals surface area (Å²) in [5.74, 6) is 7.06. The Morgan fingerprint density at radius 3 is 2.85 bits per heavy atom. The molecule has 1 aliphatic rings. The molecule has 0 saturated heterocycles. The maximum absolute atomic E-state index is 13.0. The smallest absolute Gasteiger partial charge is 0.261 e. The van der Waals surface area contributed by atoms with Gasteiger partial charge in [0.1, 0.15) is 11.5 Å². The topological polar surface area (TPSA) is 47.8 Å². The van der Waals surface area contributed by atoms with Crippen molar-refractivity contribution in [2.45, 2.75) is 39.7 Å². The molecule has 0 aliphatic carbocycles. The van der Waals surface area contributed by atoms with E-state index in [-0.39, 0.29) is 11.0 Å². The zero-order chi connectivity index (χ0) is 18.1. The first-order chi connectivity index (χ1) is 12.5. The number of pyridine rings is 1. The fraction of sp³-hybridized carbons (Fsp3) is 0.318. The molecule has 0 spiro atoms. The third-order valence-electron chi connectivity index (χ3n) is 4.87. The van der Waals surface area contributed by atoms with Crippen molar-refractivity contribution in [3.05, 3.63) is 70.0 Å². The predicted octanol–water partition coefficient (Wildman–Crippen LogP) is 3.55. The Morgan fingerprint density at radius 1 is 1.15 bits per heavy atom. The monoisotopic (exact) mass is 343 g/mol. The second-order valence-electron chi connectivity index (χ2n) is 7.63. The molecule has 1 aliphatic heterocycles. The van der Waals surface area contributed by atoms with E-state index in [9.17, 15) is 4.79 Å². The molecule has 1 aromatic carbocycles. The first-order valence-electron chi connectivity index (χ1n) is 8.98. The summed E-state index contributed by atoms with van der Waals surface area (Å²) in [6.45, 7) is 5.16. The highest BCUT2D eigenvalue weighted by atomic mass is 16.1. The number of fused-ring (bicyclic) bond motifs is 2. The van der Waals surface area contributed by atoms with E-state index in [1.54, 1.807) is 6.20 Å². The molecule has 26 heavy (non-hydrogen) atoms. The average Bonchev–Trinajstić information content (AvgIpc) is 2.78. The van der Waals surface area contributed by atoms with Crippen LogP contribution in [0, 0.1) is 17.3 Å². The fourth-order valence-electron chi connectivity index (χ4n) is 3.50. The molecule has 0 saturated carbocycles. The molecular formula is C22H21N3O. The van der Waals surface area contributed by atoms with E-state index in [2.05, 4.69) is 30.7 Å². The van der Waals surface area contributed by atoms with Gasteiger partial charge in [-0.1, -0.05) is 25.8 Å². The first-order valence-corrected chi connectivity index (χ1v) is 8.98. The lowest BCUT2D eigenvalue weighted by molar-refractivity contribution is 0.286. The predicted molar refractivity (Wildman–Crippen MR) is 103 cm³/mol. The molecule has 0 unspecified atom stereocenters. The Hall–Kier alpha value is -2.93. The minimum atomic E-state index is 0.0595. The van der Waals surface area contributed by atoms with E-state index in [4.69, 9.17) is 4.98 Å². The molecule has 0 atom stereocenters. The summed E-state index contributed by atoms with van der Waals surface area (Å²) in [7, 11) is 0. The van der Waals surface area contributed by atoms with Crippen molar-refractivity contribution in [2.75, 3.05) is 0 Å². The maximum Gasteiger partial charge on any atom is 0.261 e. The normalized spacial score (nSPS) is 15.6. The van der Waals surface area contributed by atoms with E-state index < -0.39 is 0 Å². The largest absolute Gasteiger partial charge is 0.296 e. The third-order valence-corrected chi connectivity index (χ3v) is 4.87. The van der Waals surface area contributed by atoms with Gasteiger partial charge in [-0.25, -0.2) is 9.97 Å². The van der Waals surface area contributed by atoms with Crippen molar-refractivity contribution in [2.24, 2.45) is 5.41 Å². The summed E-state index contributed by atoms with van der Waals surface area (Å²) in [5, 5.41) is 0.662. The van der Waals surface area contributed by atoms with Crippen molar-refractivity contribution < 1.29 is 0 Å². The zero-order valence-electron chi connectivity index (χ0n) is 15.1. The summed E-state index contributed by atoms with van der Waals surface area (Å²) in [4.78, 5) is 22.0. The van der Waals surface area contributed by atoms with E-state index >= 15 is 0 Å². The molecule has 2 aromatic heterocycles. The van der Waals surface area contributed by atoms with Crippen LogP contribution in [-0.4, -0.2) is 14.5 Å². The number of hydrogen-bond acceptors (Lipinski definition) is 3. The van der Waals surface area contributed by atoms with E-state index in [0.29, 0.717) is 5.39 Å². The number of aryl methyl sites for hydroxylation is 1. The van der Waals surface area contributed by atoms with E-state index in [0.717, 1.165) is 48.4 Å². The second kappa shape index (κ2) is 6.42. The van der Waals surface area contributed by atoms with Crippen LogP contribution in [0.5, 0.6) is 0 Å².